The summed E-state index contributed by atoms with van der Waals surface area (Å²) in [7, 11) is 0. The molecule has 1 atom stereocenters. The van der Waals surface area contributed by atoms with Crippen LogP contribution >= 0.6 is 11.6 Å². The number of nitrogens with one attached hydrogen (secondary N) is 1. The molecule has 0 radical (unpaired) electrons. The molecule has 0 saturated carbocycles. The number of aryl methyl sites for hydroxylation is 1. The minimum atomic E-state index is -0.205. The number of nitrogens with zero attached hydrogens (tertiary/aromatic N) is 2. The number of hydrogen-bond acceptors (Lipinski definition) is 5. The van der Waals surface area contributed by atoms with E-state index in [1.165, 1.54) is 0 Å². The lowest BCUT2D eigenvalue weighted by Gasteiger charge is -2.35. The number of oxazole rings is 1. The van der Waals surface area contributed by atoms with Crippen molar-refractivity contribution in [2.24, 2.45) is 5.92 Å². The first kappa shape index (κ1) is 20.8. The van der Waals surface area contributed by atoms with Gasteiger partial charge in [-0.15, -0.1) is 0 Å². The van der Waals surface area contributed by atoms with E-state index >= 15 is 0 Å². The van der Waals surface area contributed by atoms with Crippen LogP contribution in [0, 0.1) is 12.8 Å². The van der Waals surface area contributed by atoms with Crippen LogP contribution in [0.4, 0.5) is 0 Å². The molecule has 1 N–H and O–H groups in total. The summed E-state index contributed by atoms with van der Waals surface area (Å²) in [5, 5.41) is 3.69. The summed E-state index contributed by atoms with van der Waals surface area (Å²) in [6.07, 6.45) is 1.02. The summed E-state index contributed by atoms with van der Waals surface area (Å²) < 4.78 is 11.2. The van der Waals surface area contributed by atoms with E-state index in [2.05, 4.69) is 29.0 Å². The Morgan fingerprint density at radius 2 is 1.93 bits per heavy atom. The lowest BCUT2D eigenvalue weighted by Crippen LogP contribution is -2.49. The van der Waals surface area contributed by atoms with E-state index in [1.54, 1.807) is 19.1 Å². The van der Waals surface area contributed by atoms with Crippen molar-refractivity contribution in [1.29, 1.82) is 0 Å². The molecule has 0 bridgehead atoms. The van der Waals surface area contributed by atoms with Crippen LogP contribution < -0.4 is 5.32 Å². The fourth-order valence-electron chi connectivity index (χ4n) is 3.47. The van der Waals surface area contributed by atoms with Gasteiger partial charge in [0.25, 0.3) is 5.91 Å². The molecule has 1 aromatic carbocycles. The van der Waals surface area contributed by atoms with Gasteiger partial charge in [-0.2, -0.15) is 0 Å². The summed E-state index contributed by atoms with van der Waals surface area (Å²) in [6.45, 7) is 10.0. The number of ether oxygens (including phenoxy) is 1. The summed E-state index contributed by atoms with van der Waals surface area (Å²) in [5.41, 5.74) is 1.12. The molecule has 1 aliphatic rings. The van der Waals surface area contributed by atoms with Gasteiger partial charge in [0.15, 0.2) is 5.69 Å². The van der Waals surface area contributed by atoms with Gasteiger partial charge in [0.1, 0.15) is 5.76 Å². The zero-order valence-electron chi connectivity index (χ0n) is 16.7. The van der Waals surface area contributed by atoms with Crippen LogP contribution in [0.2, 0.25) is 5.02 Å². The molecular formula is C21H28ClN3O3. The maximum absolute atomic E-state index is 12.7. The van der Waals surface area contributed by atoms with Crippen LogP contribution in [-0.2, 0) is 4.74 Å². The fraction of sp³-hybridized carbons (Fsp3) is 0.524. The molecule has 1 saturated heterocycles. The first-order valence-corrected chi connectivity index (χ1v) is 10.1. The molecule has 0 spiro atoms. The molecule has 1 aliphatic heterocycles. The lowest BCUT2D eigenvalue weighted by molar-refractivity contribution is 0.0124. The van der Waals surface area contributed by atoms with E-state index in [9.17, 15) is 4.79 Å². The second-order valence-corrected chi connectivity index (χ2v) is 8.01. The van der Waals surface area contributed by atoms with Crippen LogP contribution in [0.3, 0.4) is 0 Å². The Hall–Kier alpha value is -1.89. The van der Waals surface area contributed by atoms with E-state index in [4.69, 9.17) is 20.8 Å². The Labute approximate surface area is 171 Å². The highest BCUT2D eigenvalue weighted by Gasteiger charge is 2.24. The largest absolute Gasteiger partial charge is 0.441 e. The number of rotatable bonds is 7. The van der Waals surface area contributed by atoms with E-state index in [0.717, 1.165) is 38.3 Å². The van der Waals surface area contributed by atoms with Gasteiger partial charge in [0, 0.05) is 36.3 Å². The van der Waals surface area contributed by atoms with Crippen LogP contribution in [-0.4, -0.2) is 54.7 Å². The molecule has 3 rings (SSSR count). The average molecular weight is 406 g/mol. The zero-order valence-corrected chi connectivity index (χ0v) is 17.5. The Balaban J connectivity index is 1.66. The molecule has 1 aromatic heterocycles. The summed E-state index contributed by atoms with van der Waals surface area (Å²) in [5.74, 6) is 1.28. The number of benzene rings is 1. The topological polar surface area (TPSA) is 67.6 Å². The average Bonchev–Trinajstić information content (AvgIpc) is 3.07. The minimum absolute atomic E-state index is 0.205. The Kier molecular flexibility index (Phi) is 7.10. The first-order valence-electron chi connectivity index (χ1n) is 9.77. The number of halogens is 1. The second-order valence-electron chi connectivity index (χ2n) is 7.57. The van der Waals surface area contributed by atoms with Crippen LogP contribution in [0.25, 0.3) is 11.5 Å². The second kappa shape index (κ2) is 9.54. The quantitative estimate of drug-likeness (QED) is 0.759. The normalized spacial score (nSPS) is 16.3. The third-order valence-electron chi connectivity index (χ3n) is 4.91. The van der Waals surface area contributed by atoms with Crippen molar-refractivity contribution in [3.05, 3.63) is 40.7 Å². The van der Waals surface area contributed by atoms with E-state index in [0.29, 0.717) is 34.8 Å². The van der Waals surface area contributed by atoms with Gasteiger partial charge in [0.05, 0.1) is 13.2 Å². The van der Waals surface area contributed by atoms with Gasteiger partial charge in [-0.05, 0) is 43.5 Å². The van der Waals surface area contributed by atoms with Crippen molar-refractivity contribution >= 4 is 17.5 Å². The highest BCUT2D eigenvalue weighted by molar-refractivity contribution is 6.30. The van der Waals surface area contributed by atoms with Crippen LogP contribution in [0.1, 0.15) is 36.5 Å². The number of hydrogen-bond donors (Lipinski definition) is 1. The molecule has 1 amide bonds. The smallest absolute Gasteiger partial charge is 0.273 e. The molecule has 2 aromatic rings. The van der Waals surface area contributed by atoms with E-state index < -0.39 is 0 Å². The van der Waals surface area contributed by atoms with Crippen LogP contribution in [0.5, 0.6) is 0 Å². The molecule has 2 heterocycles. The third kappa shape index (κ3) is 5.34. The van der Waals surface area contributed by atoms with Crippen LogP contribution in [0.15, 0.2) is 28.7 Å². The van der Waals surface area contributed by atoms with Crippen molar-refractivity contribution in [3.63, 3.8) is 0 Å². The molecule has 152 valence electrons. The highest BCUT2D eigenvalue weighted by Crippen LogP contribution is 2.23. The maximum atomic E-state index is 12.7. The summed E-state index contributed by atoms with van der Waals surface area (Å²) in [4.78, 5) is 19.5. The van der Waals surface area contributed by atoms with Crippen molar-refractivity contribution in [1.82, 2.24) is 15.2 Å². The Morgan fingerprint density at radius 1 is 1.25 bits per heavy atom. The van der Waals surface area contributed by atoms with Crippen molar-refractivity contribution in [2.75, 3.05) is 32.8 Å². The minimum Gasteiger partial charge on any atom is -0.441 e. The number of morpholine rings is 1. The molecule has 1 unspecified atom stereocenters. The standard InChI is InChI=1S/C21H28ClN3O3/c1-14(2)12-18(25-8-10-27-11-9-25)13-23-20(26)19-15(3)28-21(24-19)16-4-6-17(22)7-5-16/h4-7,14,18H,8-13H2,1-3H3,(H,23,26). The Bertz CT molecular complexity index is 783. The van der Waals surface area contributed by atoms with Crippen molar-refractivity contribution in [3.8, 4) is 11.5 Å². The number of carbonyl (C=O) groups is 1. The number of carbonyl (C=O) groups excluding carboxylic acids is 1. The van der Waals surface area contributed by atoms with E-state index in [1.807, 2.05) is 12.1 Å². The Morgan fingerprint density at radius 3 is 2.57 bits per heavy atom. The SMILES string of the molecule is Cc1oc(-c2ccc(Cl)cc2)nc1C(=O)NCC(CC(C)C)N1CCOCC1. The molecular weight excluding hydrogens is 378 g/mol. The molecule has 7 heteroatoms. The zero-order chi connectivity index (χ0) is 20.1. The van der Waals surface area contributed by atoms with Gasteiger partial charge in [0.2, 0.25) is 5.89 Å². The first-order chi connectivity index (χ1) is 13.4. The number of aromatic nitrogens is 1. The molecule has 28 heavy (non-hydrogen) atoms. The monoisotopic (exact) mass is 405 g/mol. The maximum Gasteiger partial charge on any atom is 0.273 e. The van der Waals surface area contributed by atoms with E-state index in [-0.39, 0.29) is 11.9 Å². The van der Waals surface area contributed by atoms with Gasteiger partial charge >= 0.3 is 0 Å². The molecule has 1 fully saturated rings. The predicted octanol–water partition coefficient (Wildman–Crippen LogP) is 3.78. The third-order valence-corrected chi connectivity index (χ3v) is 5.16. The molecule has 6 nitrogen and oxygen atoms in total. The molecule has 0 aliphatic carbocycles. The van der Waals surface area contributed by atoms with Gasteiger partial charge < -0.3 is 14.5 Å². The summed E-state index contributed by atoms with van der Waals surface area (Å²) in [6, 6.07) is 7.48. The van der Waals surface area contributed by atoms with Crippen molar-refractivity contribution < 1.29 is 13.9 Å². The fourth-order valence-corrected chi connectivity index (χ4v) is 3.59. The number of amides is 1. The van der Waals surface area contributed by atoms with Gasteiger partial charge in [-0.3, -0.25) is 9.69 Å². The van der Waals surface area contributed by atoms with Crippen molar-refractivity contribution in [2.45, 2.75) is 33.2 Å². The summed E-state index contributed by atoms with van der Waals surface area (Å²) >= 11 is 5.93. The van der Waals surface area contributed by atoms with Gasteiger partial charge in [-0.1, -0.05) is 25.4 Å². The lowest BCUT2D eigenvalue weighted by atomic mass is 10.0. The van der Waals surface area contributed by atoms with Gasteiger partial charge in [-0.25, -0.2) is 4.98 Å². The predicted molar refractivity (Wildman–Crippen MR) is 110 cm³/mol. The highest BCUT2D eigenvalue weighted by atomic mass is 35.5.